The van der Waals surface area contributed by atoms with Gasteiger partial charge in [-0.2, -0.15) is 0 Å². The first-order valence-corrected chi connectivity index (χ1v) is 7.06. The van der Waals surface area contributed by atoms with Crippen molar-refractivity contribution < 1.29 is 0 Å². The van der Waals surface area contributed by atoms with Gasteiger partial charge in [-0.25, -0.2) is 10.4 Å². The van der Waals surface area contributed by atoms with Crippen LogP contribution in [-0.4, -0.2) is 9.55 Å². The van der Waals surface area contributed by atoms with Crippen LogP contribution in [-0.2, 0) is 6.54 Å². The number of aryl methyl sites for hydroxylation is 1. The number of halogens is 1. The second kappa shape index (κ2) is 6.31. The smallest absolute Gasteiger partial charge is 0.131 e. The molecule has 1 unspecified atom stereocenters. The van der Waals surface area contributed by atoms with Crippen molar-refractivity contribution in [2.45, 2.75) is 25.9 Å². The van der Waals surface area contributed by atoms with E-state index in [-0.39, 0.29) is 6.04 Å². The van der Waals surface area contributed by atoms with Crippen LogP contribution in [0.5, 0.6) is 0 Å². The van der Waals surface area contributed by atoms with Crippen LogP contribution >= 0.6 is 22.6 Å². The monoisotopic (exact) mass is 356 g/mol. The second-order valence-corrected chi connectivity index (χ2v) is 5.38. The summed E-state index contributed by atoms with van der Waals surface area (Å²) in [6, 6.07) is 8.25. The Morgan fingerprint density at radius 3 is 2.72 bits per heavy atom. The van der Waals surface area contributed by atoms with Crippen LogP contribution in [0.4, 0.5) is 0 Å². The number of hydrogen-bond acceptors (Lipinski definition) is 3. The van der Waals surface area contributed by atoms with Gasteiger partial charge in [0.25, 0.3) is 0 Å². The van der Waals surface area contributed by atoms with Gasteiger partial charge in [-0.1, -0.05) is 19.1 Å². The molecule has 1 heterocycles. The van der Waals surface area contributed by atoms with Gasteiger partial charge in [0, 0.05) is 22.5 Å². The van der Waals surface area contributed by atoms with Crippen LogP contribution in [0, 0.1) is 3.57 Å². The van der Waals surface area contributed by atoms with Gasteiger partial charge in [0.2, 0.25) is 0 Å². The number of rotatable bonds is 5. The lowest BCUT2D eigenvalue weighted by Gasteiger charge is -2.17. The molecule has 0 radical (unpaired) electrons. The highest BCUT2D eigenvalue weighted by Crippen LogP contribution is 2.21. The molecule has 3 N–H and O–H groups in total. The number of benzene rings is 1. The van der Waals surface area contributed by atoms with E-state index < -0.39 is 0 Å². The number of imidazole rings is 1. The Morgan fingerprint density at radius 1 is 1.39 bits per heavy atom. The van der Waals surface area contributed by atoms with Crippen LogP contribution in [0.1, 0.15) is 30.8 Å². The Labute approximate surface area is 121 Å². The zero-order chi connectivity index (χ0) is 13.0. The maximum absolute atomic E-state index is 5.69. The molecule has 0 aliphatic carbocycles. The van der Waals surface area contributed by atoms with Gasteiger partial charge in [0.05, 0.1) is 0 Å². The molecule has 2 aromatic rings. The number of nitrogens with two attached hydrogens (primary N) is 1. The Bertz CT molecular complexity index is 492. The van der Waals surface area contributed by atoms with Gasteiger partial charge < -0.3 is 4.57 Å². The molecule has 1 aromatic heterocycles. The Hall–Kier alpha value is -0.920. The number of hydrogen-bond donors (Lipinski definition) is 2. The van der Waals surface area contributed by atoms with Crippen LogP contribution in [0.25, 0.3) is 0 Å². The van der Waals surface area contributed by atoms with Crippen LogP contribution in [0.15, 0.2) is 36.7 Å². The Morgan fingerprint density at radius 2 is 2.11 bits per heavy atom. The van der Waals surface area contributed by atoms with Crippen LogP contribution < -0.4 is 11.3 Å². The van der Waals surface area contributed by atoms with Crippen LogP contribution in [0.3, 0.4) is 0 Å². The molecule has 18 heavy (non-hydrogen) atoms. The summed E-state index contributed by atoms with van der Waals surface area (Å²) in [5.74, 6) is 6.65. The highest BCUT2D eigenvalue weighted by atomic mass is 127. The summed E-state index contributed by atoms with van der Waals surface area (Å²) in [7, 11) is 0. The predicted octanol–water partition coefficient (Wildman–Crippen LogP) is 2.45. The fourth-order valence-electron chi connectivity index (χ4n) is 1.99. The lowest BCUT2D eigenvalue weighted by molar-refractivity contribution is 0.545. The number of hydrazine groups is 1. The topological polar surface area (TPSA) is 55.9 Å². The molecule has 0 amide bonds. The maximum atomic E-state index is 5.69. The first-order chi connectivity index (χ1) is 8.76. The van der Waals surface area contributed by atoms with Crippen molar-refractivity contribution in [1.29, 1.82) is 0 Å². The summed E-state index contributed by atoms with van der Waals surface area (Å²) in [5.41, 5.74) is 3.98. The minimum Gasteiger partial charge on any atom is -0.333 e. The van der Waals surface area contributed by atoms with E-state index >= 15 is 0 Å². The van der Waals surface area contributed by atoms with Crippen molar-refractivity contribution in [3.63, 3.8) is 0 Å². The van der Waals surface area contributed by atoms with Gasteiger partial charge in [0.1, 0.15) is 11.9 Å². The molecule has 96 valence electrons. The number of nitrogens with one attached hydrogen (secondary N) is 1. The van der Waals surface area contributed by atoms with Gasteiger partial charge in [-0.15, -0.1) is 0 Å². The van der Waals surface area contributed by atoms with Crippen molar-refractivity contribution in [2.75, 3.05) is 0 Å². The quantitative estimate of drug-likeness (QED) is 0.492. The normalized spacial score (nSPS) is 12.6. The molecule has 0 spiro atoms. The van der Waals surface area contributed by atoms with Gasteiger partial charge in [-0.3, -0.25) is 5.84 Å². The number of aromatic nitrogens is 2. The zero-order valence-electron chi connectivity index (χ0n) is 10.3. The molecule has 0 bridgehead atoms. The zero-order valence-corrected chi connectivity index (χ0v) is 12.5. The highest BCUT2D eigenvalue weighted by molar-refractivity contribution is 14.1. The second-order valence-electron chi connectivity index (χ2n) is 4.13. The fourth-order valence-corrected chi connectivity index (χ4v) is 2.35. The van der Waals surface area contributed by atoms with E-state index in [1.165, 1.54) is 3.57 Å². The van der Waals surface area contributed by atoms with Gasteiger partial charge >= 0.3 is 0 Å². The summed E-state index contributed by atoms with van der Waals surface area (Å²) >= 11 is 2.29. The molecule has 1 aromatic carbocycles. The van der Waals surface area contributed by atoms with Crippen molar-refractivity contribution in [3.8, 4) is 0 Å². The molecule has 0 saturated heterocycles. The standard InChI is InChI=1S/C13H17IN4/c1-2-8-18-9-7-16-13(18)12(17-15)10-3-5-11(14)6-4-10/h3-7,9,12,17H,2,8,15H2,1H3. The first-order valence-electron chi connectivity index (χ1n) is 5.99. The molecular weight excluding hydrogens is 339 g/mol. The lowest BCUT2D eigenvalue weighted by atomic mass is 10.1. The molecule has 4 nitrogen and oxygen atoms in total. The third kappa shape index (κ3) is 2.90. The maximum Gasteiger partial charge on any atom is 0.131 e. The molecular formula is C13H17IN4. The third-order valence-corrected chi connectivity index (χ3v) is 3.56. The largest absolute Gasteiger partial charge is 0.333 e. The predicted molar refractivity (Wildman–Crippen MR) is 80.8 cm³/mol. The SMILES string of the molecule is CCCn1ccnc1C(NN)c1ccc(I)cc1. The van der Waals surface area contributed by atoms with Gasteiger partial charge in [-0.05, 0) is 46.7 Å². The molecule has 5 heteroatoms. The fraction of sp³-hybridized carbons (Fsp3) is 0.308. The van der Waals surface area contributed by atoms with E-state index in [1.54, 1.807) is 0 Å². The minimum absolute atomic E-state index is 0.0662. The molecule has 1 atom stereocenters. The lowest BCUT2D eigenvalue weighted by Crippen LogP contribution is -2.31. The molecule has 0 aliphatic heterocycles. The number of nitrogens with zero attached hydrogens (tertiary/aromatic N) is 2. The summed E-state index contributed by atoms with van der Waals surface area (Å²) < 4.78 is 3.35. The van der Waals surface area contributed by atoms with E-state index in [0.717, 1.165) is 24.4 Å². The van der Waals surface area contributed by atoms with Gasteiger partial charge in [0.15, 0.2) is 0 Å². The van der Waals surface area contributed by atoms with Crippen LogP contribution in [0.2, 0.25) is 0 Å². The third-order valence-electron chi connectivity index (χ3n) is 2.84. The van der Waals surface area contributed by atoms with Crippen molar-refractivity contribution in [2.24, 2.45) is 5.84 Å². The molecule has 0 aliphatic rings. The molecule has 2 rings (SSSR count). The summed E-state index contributed by atoms with van der Waals surface area (Å²) in [6.07, 6.45) is 4.89. The summed E-state index contributed by atoms with van der Waals surface area (Å²) in [4.78, 5) is 4.42. The first kappa shape index (κ1) is 13.5. The summed E-state index contributed by atoms with van der Waals surface area (Å²) in [5, 5.41) is 0. The van der Waals surface area contributed by atoms with E-state index in [4.69, 9.17) is 5.84 Å². The molecule has 0 saturated carbocycles. The van der Waals surface area contributed by atoms with Crippen molar-refractivity contribution in [3.05, 3.63) is 51.6 Å². The Balaban J connectivity index is 2.32. The minimum atomic E-state index is -0.0662. The average molecular weight is 356 g/mol. The Kier molecular flexibility index (Phi) is 4.73. The van der Waals surface area contributed by atoms with Crippen molar-refractivity contribution >= 4 is 22.6 Å². The van der Waals surface area contributed by atoms with E-state index in [0.29, 0.717) is 0 Å². The molecule has 0 fully saturated rings. The van der Waals surface area contributed by atoms with E-state index in [1.807, 2.05) is 12.4 Å². The van der Waals surface area contributed by atoms with E-state index in [2.05, 4.69) is 68.8 Å². The summed E-state index contributed by atoms with van der Waals surface area (Å²) in [6.45, 7) is 3.11. The average Bonchev–Trinajstić information content (AvgIpc) is 2.82. The van der Waals surface area contributed by atoms with Crippen molar-refractivity contribution in [1.82, 2.24) is 15.0 Å². The highest BCUT2D eigenvalue weighted by Gasteiger charge is 2.17. The van der Waals surface area contributed by atoms with E-state index in [9.17, 15) is 0 Å².